The molecule has 2 aliphatic rings. The maximum Gasteiger partial charge on any atom is 0.259 e. The first-order chi connectivity index (χ1) is 14.9. The van der Waals surface area contributed by atoms with Crippen LogP contribution < -0.4 is 5.32 Å². The van der Waals surface area contributed by atoms with Gasteiger partial charge in [-0.15, -0.1) is 0 Å². The van der Waals surface area contributed by atoms with Gasteiger partial charge in [-0.05, 0) is 31.7 Å². The number of rotatable bonds is 5. The van der Waals surface area contributed by atoms with E-state index >= 15 is 0 Å². The second kappa shape index (κ2) is 7.72. The number of nitrogens with zero attached hydrogens (tertiary/aromatic N) is 3. The Labute approximate surface area is 180 Å². The van der Waals surface area contributed by atoms with Crippen LogP contribution >= 0.6 is 0 Å². The van der Waals surface area contributed by atoms with Gasteiger partial charge in [-0.2, -0.15) is 0 Å². The SMILES string of the molecule is CS(=O)(=O)N1CCC(NC(=O)c2cc(-c3ccccc3)nc3onc(C4CC4)c23)CC1. The van der Waals surface area contributed by atoms with E-state index in [2.05, 4.69) is 15.5 Å². The van der Waals surface area contributed by atoms with Crippen LogP contribution in [0.15, 0.2) is 40.9 Å². The molecule has 1 aromatic carbocycles. The van der Waals surface area contributed by atoms with Gasteiger partial charge in [0.1, 0.15) is 0 Å². The van der Waals surface area contributed by atoms with E-state index in [0.29, 0.717) is 54.2 Å². The third kappa shape index (κ3) is 4.07. The van der Waals surface area contributed by atoms with Crippen LogP contribution in [0.1, 0.15) is 47.7 Å². The minimum absolute atomic E-state index is 0.0851. The Morgan fingerprint density at radius 3 is 2.48 bits per heavy atom. The van der Waals surface area contributed by atoms with Gasteiger partial charge < -0.3 is 9.84 Å². The number of carbonyl (C=O) groups is 1. The number of pyridine rings is 1. The van der Waals surface area contributed by atoms with E-state index in [0.717, 1.165) is 24.1 Å². The summed E-state index contributed by atoms with van der Waals surface area (Å²) in [4.78, 5) is 18.0. The van der Waals surface area contributed by atoms with Crippen LogP contribution in [-0.2, 0) is 10.0 Å². The van der Waals surface area contributed by atoms with Crippen molar-refractivity contribution in [3.05, 3.63) is 47.7 Å². The summed E-state index contributed by atoms with van der Waals surface area (Å²) in [7, 11) is -3.20. The zero-order valence-corrected chi connectivity index (χ0v) is 18.1. The van der Waals surface area contributed by atoms with Crippen LogP contribution in [0.2, 0.25) is 0 Å². The quantitative estimate of drug-likeness (QED) is 0.654. The Hall–Kier alpha value is -2.78. The third-order valence-electron chi connectivity index (χ3n) is 6.01. The molecule has 1 aliphatic carbocycles. The molecule has 0 unspecified atom stereocenters. The monoisotopic (exact) mass is 440 g/mol. The van der Waals surface area contributed by atoms with Gasteiger partial charge in [0.15, 0.2) is 0 Å². The van der Waals surface area contributed by atoms with Crippen molar-refractivity contribution in [1.29, 1.82) is 0 Å². The van der Waals surface area contributed by atoms with Crippen molar-refractivity contribution in [1.82, 2.24) is 19.8 Å². The fraction of sp³-hybridized carbons (Fsp3) is 0.409. The van der Waals surface area contributed by atoms with E-state index in [1.54, 1.807) is 0 Å². The average Bonchev–Trinajstić information content (AvgIpc) is 3.52. The molecule has 0 spiro atoms. The fourth-order valence-electron chi connectivity index (χ4n) is 4.14. The maximum absolute atomic E-state index is 13.3. The van der Waals surface area contributed by atoms with E-state index in [1.807, 2.05) is 36.4 Å². The lowest BCUT2D eigenvalue weighted by atomic mass is 10.0. The van der Waals surface area contributed by atoms with Gasteiger partial charge in [-0.25, -0.2) is 17.7 Å². The van der Waals surface area contributed by atoms with E-state index < -0.39 is 10.0 Å². The van der Waals surface area contributed by atoms with Gasteiger partial charge in [0.25, 0.3) is 11.6 Å². The van der Waals surface area contributed by atoms with Crippen LogP contribution in [0.5, 0.6) is 0 Å². The lowest BCUT2D eigenvalue weighted by Crippen LogP contribution is -2.46. The third-order valence-corrected chi connectivity index (χ3v) is 7.31. The lowest BCUT2D eigenvalue weighted by Gasteiger charge is -2.30. The summed E-state index contributed by atoms with van der Waals surface area (Å²) in [6.45, 7) is 0.816. The highest BCUT2D eigenvalue weighted by atomic mass is 32.2. The van der Waals surface area contributed by atoms with Gasteiger partial charge in [-0.1, -0.05) is 35.5 Å². The van der Waals surface area contributed by atoms with Crippen LogP contribution in [0.25, 0.3) is 22.4 Å². The Morgan fingerprint density at radius 2 is 1.84 bits per heavy atom. The van der Waals surface area contributed by atoms with E-state index in [9.17, 15) is 13.2 Å². The van der Waals surface area contributed by atoms with Gasteiger partial charge in [-0.3, -0.25) is 4.79 Å². The number of hydrogen-bond acceptors (Lipinski definition) is 6. The molecule has 3 aromatic rings. The van der Waals surface area contributed by atoms with Crippen LogP contribution in [0, 0.1) is 0 Å². The Morgan fingerprint density at radius 1 is 1.13 bits per heavy atom. The zero-order valence-electron chi connectivity index (χ0n) is 17.2. The number of benzene rings is 1. The van der Waals surface area contributed by atoms with Crippen LogP contribution in [-0.4, -0.2) is 54.2 Å². The van der Waals surface area contributed by atoms with Crippen LogP contribution in [0.4, 0.5) is 0 Å². The second-order valence-corrected chi connectivity index (χ2v) is 10.3. The molecule has 1 N–H and O–H groups in total. The normalized spacial score (nSPS) is 18.4. The minimum Gasteiger partial charge on any atom is -0.349 e. The predicted octanol–water partition coefficient (Wildman–Crippen LogP) is 2.92. The first kappa shape index (κ1) is 20.1. The molecule has 2 aromatic heterocycles. The highest BCUT2D eigenvalue weighted by Crippen LogP contribution is 2.43. The zero-order chi connectivity index (χ0) is 21.6. The number of amides is 1. The summed E-state index contributed by atoms with van der Waals surface area (Å²) < 4.78 is 30.5. The molecule has 0 atom stereocenters. The first-order valence-corrected chi connectivity index (χ1v) is 12.4. The molecule has 2 fully saturated rings. The smallest absolute Gasteiger partial charge is 0.259 e. The molecule has 0 bridgehead atoms. The summed E-state index contributed by atoms with van der Waals surface area (Å²) in [5.41, 5.74) is 3.24. The number of nitrogens with one attached hydrogen (secondary N) is 1. The molecule has 9 heteroatoms. The molecule has 3 heterocycles. The molecule has 1 saturated carbocycles. The number of hydrogen-bond donors (Lipinski definition) is 1. The Kier molecular flexibility index (Phi) is 5.02. The molecular formula is C22H24N4O4S. The number of sulfonamides is 1. The molecule has 1 saturated heterocycles. The number of carbonyl (C=O) groups excluding carboxylic acids is 1. The van der Waals surface area contributed by atoms with Crippen molar-refractivity contribution in [2.24, 2.45) is 0 Å². The summed E-state index contributed by atoms with van der Waals surface area (Å²) in [5.74, 6) is 0.114. The molecule has 8 nitrogen and oxygen atoms in total. The topological polar surface area (TPSA) is 105 Å². The fourth-order valence-corrected chi connectivity index (χ4v) is 5.01. The maximum atomic E-state index is 13.3. The summed E-state index contributed by atoms with van der Waals surface area (Å²) >= 11 is 0. The van der Waals surface area contributed by atoms with Crippen molar-refractivity contribution in [3.63, 3.8) is 0 Å². The number of piperidine rings is 1. The van der Waals surface area contributed by atoms with E-state index in [1.165, 1.54) is 10.6 Å². The molecule has 1 aliphatic heterocycles. The molecular weight excluding hydrogens is 416 g/mol. The average molecular weight is 441 g/mol. The van der Waals surface area contributed by atoms with Crippen molar-refractivity contribution < 1.29 is 17.7 Å². The summed E-state index contributed by atoms with van der Waals surface area (Å²) in [6, 6.07) is 11.4. The predicted molar refractivity (Wildman–Crippen MR) is 116 cm³/mol. The summed E-state index contributed by atoms with van der Waals surface area (Å²) in [6.07, 6.45) is 4.45. The first-order valence-electron chi connectivity index (χ1n) is 10.5. The van der Waals surface area contributed by atoms with Gasteiger partial charge in [0, 0.05) is 30.6 Å². The van der Waals surface area contributed by atoms with Crippen LogP contribution in [0.3, 0.4) is 0 Å². The standard InChI is InChI=1S/C22H24N4O4S/c1-31(28,29)26-11-9-16(10-12-26)23-21(27)17-13-18(14-5-3-2-4-6-14)24-22-19(17)20(25-30-22)15-7-8-15/h2-6,13,15-16H,7-12H2,1H3,(H,23,27). The molecule has 162 valence electrons. The van der Waals surface area contributed by atoms with Crippen molar-refractivity contribution in [2.45, 2.75) is 37.6 Å². The van der Waals surface area contributed by atoms with Crippen molar-refractivity contribution in [3.8, 4) is 11.3 Å². The van der Waals surface area contributed by atoms with Gasteiger partial charge in [0.05, 0.1) is 28.6 Å². The highest BCUT2D eigenvalue weighted by molar-refractivity contribution is 7.88. The molecule has 31 heavy (non-hydrogen) atoms. The van der Waals surface area contributed by atoms with E-state index in [4.69, 9.17) is 4.52 Å². The van der Waals surface area contributed by atoms with E-state index in [-0.39, 0.29) is 11.9 Å². The Balaban J connectivity index is 1.46. The highest BCUT2D eigenvalue weighted by Gasteiger charge is 2.33. The Bertz CT molecular complexity index is 1230. The largest absolute Gasteiger partial charge is 0.349 e. The van der Waals surface area contributed by atoms with Crippen molar-refractivity contribution in [2.75, 3.05) is 19.3 Å². The molecule has 5 rings (SSSR count). The minimum atomic E-state index is -3.20. The molecule has 0 radical (unpaired) electrons. The number of fused-ring (bicyclic) bond motifs is 1. The lowest BCUT2D eigenvalue weighted by molar-refractivity contribution is 0.0925. The van der Waals surface area contributed by atoms with Gasteiger partial charge >= 0.3 is 0 Å². The number of aromatic nitrogens is 2. The van der Waals surface area contributed by atoms with Crippen molar-refractivity contribution >= 4 is 27.0 Å². The summed E-state index contributed by atoms with van der Waals surface area (Å²) in [5, 5.41) is 8.01. The molecule has 1 amide bonds. The van der Waals surface area contributed by atoms with Gasteiger partial charge in [0.2, 0.25) is 10.0 Å². The second-order valence-electron chi connectivity index (χ2n) is 8.35.